The average molecular weight is 532 g/mol. The van der Waals surface area contributed by atoms with Gasteiger partial charge in [0, 0.05) is 12.1 Å². The first-order valence-corrected chi connectivity index (χ1v) is 13.0. The third-order valence-corrected chi connectivity index (χ3v) is 7.10. The Bertz CT molecular complexity index is 1460. The fourth-order valence-electron chi connectivity index (χ4n) is 4.68. The normalized spacial score (nSPS) is 24.3. The highest BCUT2D eigenvalue weighted by Gasteiger charge is 2.48. The van der Waals surface area contributed by atoms with Gasteiger partial charge in [0.2, 0.25) is 11.7 Å². The van der Waals surface area contributed by atoms with Crippen molar-refractivity contribution in [3.63, 3.8) is 0 Å². The number of hydrogen-bond acceptors (Lipinski definition) is 9. The Labute approximate surface area is 224 Å². The lowest BCUT2D eigenvalue weighted by atomic mass is 10.1. The van der Waals surface area contributed by atoms with E-state index in [9.17, 15) is 19.8 Å². The molecule has 1 aliphatic heterocycles. The Morgan fingerprint density at radius 2 is 1.90 bits per heavy atom. The first-order valence-electron chi connectivity index (χ1n) is 13.0. The largest absolute Gasteiger partial charge is 0.387 e. The highest BCUT2D eigenvalue weighted by atomic mass is 16.6. The van der Waals surface area contributed by atoms with E-state index in [4.69, 9.17) is 10.5 Å². The van der Waals surface area contributed by atoms with Gasteiger partial charge in [0.25, 0.3) is 5.91 Å². The fourth-order valence-corrected chi connectivity index (χ4v) is 4.68. The van der Waals surface area contributed by atoms with E-state index in [0.29, 0.717) is 6.42 Å². The molecule has 12 heteroatoms. The van der Waals surface area contributed by atoms with Gasteiger partial charge in [-0.1, -0.05) is 36.3 Å². The zero-order valence-electron chi connectivity index (χ0n) is 21.1. The van der Waals surface area contributed by atoms with Crippen LogP contribution in [0.3, 0.4) is 0 Å². The predicted molar refractivity (Wildman–Crippen MR) is 139 cm³/mol. The molecular weight excluding hydrogens is 502 g/mol. The maximum atomic E-state index is 12.9. The number of hydrogen-bond donors (Lipinski definition) is 4. The molecule has 3 heterocycles. The molecule has 2 saturated carbocycles. The lowest BCUT2D eigenvalue weighted by Crippen LogP contribution is -2.43. The van der Waals surface area contributed by atoms with Gasteiger partial charge >= 0.3 is 0 Å². The number of benzene rings is 1. The molecule has 5 N–H and O–H groups in total. The topological polar surface area (TPSA) is 169 Å². The summed E-state index contributed by atoms with van der Waals surface area (Å²) in [4.78, 5) is 40.1. The number of aliphatic hydroxyl groups is 2. The molecule has 4 atom stereocenters. The molecule has 1 aromatic carbocycles. The van der Waals surface area contributed by atoms with Crippen LogP contribution < -0.4 is 11.1 Å². The number of fused-ring (bicyclic) bond motifs is 1. The predicted octanol–water partition coefficient (Wildman–Crippen LogP) is -0.108. The Kier molecular flexibility index (Phi) is 6.64. The molecule has 39 heavy (non-hydrogen) atoms. The molecule has 3 fully saturated rings. The van der Waals surface area contributed by atoms with E-state index in [2.05, 4.69) is 32.1 Å². The number of nitrogens with two attached hydrogens (primary N) is 1. The molecule has 2 aromatic heterocycles. The number of carbonyl (C=O) groups is 2. The van der Waals surface area contributed by atoms with Crippen molar-refractivity contribution in [2.75, 3.05) is 12.3 Å². The van der Waals surface area contributed by atoms with Crippen molar-refractivity contribution in [1.29, 1.82) is 0 Å². The van der Waals surface area contributed by atoms with Crippen LogP contribution in [0.5, 0.6) is 0 Å². The summed E-state index contributed by atoms with van der Waals surface area (Å²) < 4.78 is 7.17. The molecule has 202 valence electrons. The number of imidazole rings is 1. The van der Waals surface area contributed by atoms with Gasteiger partial charge in [0.1, 0.15) is 17.7 Å². The summed E-state index contributed by atoms with van der Waals surface area (Å²) in [6.07, 6.45) is 0.169. The summed E-state index contributed by atoms with van der Waals surface area (Å²) in [7, 11) is 0. The van der Waals surface area contributed by atoms with Crippen LogP contribution in [0.25, 0.3) is 11.2 Å². The number of nitrogens with one attached hydrogen (secondary N) is 1. The van der Waals surface area contributed by atoms with Crippen molar-refractivity contribution >= 4 is 28.8 Å². The Balaban J connectivity index is 1.20. The van der Waals surface area contributed by atoms with Crippen LogP contribution in [-0.4, -0.2) is 83.4 Å². The second kappa shape index (κ2) is 10.3. The molecular formula is C27H29N7O5. The lowest BCUT2D eigenvalue weighted by Gasteiger charge is -2.19. The second-order valence-corrected chi connectivity index (χ2v) is 10.2. The maximum Gasteiger partial charge on any atom is 0.252 e. The van der Waals surface area contributed by atoms with Gasteiger partial charge in [-0.15, -0.1) is 0 Å². The van der Waals surface area contributed by atoms with E-state index < -0.39 is 30.4 Å². The molecule has 2 aliphatic carbocycles. The van der Waals surface area contributed by atoms with Gasteiger partial charge < -0.3 is 30.9 Å². The third-order valence-electron chi connectivity index (χ3n) is 7.10. The van der Waals surface area contributed by atoms with Crippen LogP contribution in [0.4, 0.5) is 5.82 Å². The number of aliphatic hydroxyl groups excluding tert-OH is 2. The molecule has 0 bridgehead atoms. The van der Waals surface area contributed by atoms with Crippen molar-refractivity contribution in [3.05, 3.63) is 48.0 Å². The summed E-state index contributed by atoms with van der Waals surface area (Å²) >= 11 is 0. The van der Waals surface area contributed by atoms with E-state index in [0.717, 1.165) is 31.2 Å². The summed E-state index contributed by atoms with van der Waals surface area (Å²) in [5, 5.41) is 23.9. The molecule has 0 radical (unpaired) electrons. The van der Waals surface area contributed by atoms with E-state index in [1.54, 1.807) is 4.90 Å². The molecule has 3 aliphatic rings. The minimum Gasteiger partial charge on any atom is -0.387 e. The molecule has 2 amide bonds. The molecule has 1 saturated heterocycles. The number of nitrogens with zero attached hydrogens (tertiary/aromatic N) is 5. The first kappa shape index (κ1) is 25.2. The Morgan fingerprint density at radius 1 is 1.13 bits per heavy atom. The highest BCUT2D eigenvalue weighted by Crippen LogP contribution is 2.33. The summed E-state index contributed by atoms with van der Waals surface area (Å²) in [6, 6.07) is 9.85. The van der Waals surface area contributed by atoms with Crippen LogP contribution in [0, 0.1) is 11.8 Å². The molecule has 1 unspecified atom stereocenters. The standard InChI is InChI=1S/C27H29N7O5/c28-24-20-25(34(14-29-20)27-22(37)21(36)23(39-27)26(38)30-16-8-9-16)32-18(31-24)7-4-12-33(17-10-11-17)19(35)13-15-5-2-1-3-6-15/h1-3,5-6,14,16-17,21-23,27,36-37H,8-13H2,(H,30,38)(H2,28,31,32)/t21-,22?,23-,27+/m0/s1. The van der Waals surface area contributed by atoms with Crippen LogP contribution in [0.1, 0.15) is 43.3 Å². The SMILES string of the molecule is Nc1nc(C#CCN(C(=O)Cc2ccccc2)C2CC2)nc2c1ncn2[C@@H]1O[C@H](C(=O)NC2CC2)[C@@H](O)C1O. The summed E-state index contributed by atoms with van der Waals surface area (Å²) in [5.74, 6) is 5.62. The van der Waals surface area contributed by atoms with Crippen molar-refractivity contribution in [1.82, 2.24) is 29.7 Å². The molecule has 0 spiro atoms. The number of carbonyl (C=O) groups excluding carboxylic acids is 2. The third kappa shape index (κ3) is 5.29. The van der Waals surface area contributed by atoms with E-state index in [-0.39, 0.29) is 47.3 Å². The fraction of sp³-hybridized carbons (Fsp3) is 0.444. The monoisotopic (exact) mass is 531 g/mol. The Morgan fingerprint density at radius 3 is 2.62 bits per heavy atom. The minimum absolute atomic E-state index is 0.0122. The molecule has 6 rings (SSSR count). The van der Waals surface area contributed by atoms with E-state index >= 15 is 0 Å². The van der Waals surface area contributed by atoms with E-state index in [1.807, 2.05) is 30.3 Å². The maximum absolute atomic E-state index is 12.9. The number of anilines is 1. The van der Waals surface area contributed by atoms with Crippen molar-refractivity contribution in [2.45, 2.75) is 68.7 Å². The van der Waals surface area contributed by atoms with Crippen LogP contribution in [0.2, 0.25) is 0 Å². The zero-order chi connectivity index (χ0) is 27.1. The van der Waals surface area contributed by atoms with Crippen LogP contribution in [-0.2, 0) is 20.7 Å². The number of nitrogen functional groups attached to an aromatic ring is 1. The number of ether oxygens (including phenoxy) is 1. The van der Waals surface area contributed by atoms with Crippen LogP contribution in [0.15, 0.2) is 36.7 Å². The van der Waals surface area contributed by atoms with Gasteiger partial charge in [0.05, 0.1) is 19.3 Å². The minimum atomic E-state index is -1.42. The zero-order valence-corrected chi connectivity index (χ0v) is 21.1. The van der Waals surface area contributed by atoms with Gasteiger partial charge in [0.15, 0.2) is 23.8 Å². The quantitative estimate of drug-likeness (QED) is 0.304. The number of aromatic nitrogens is 4. The average Bonchev–Trinajstić information content (AvgIpc) is 3.85. The molecule has 3 aromatic rings. The van der Waals surface area contributed by atoms with Crippen molar-refractivity contribution in [2.24, 2.45) is 0 Å². The molecule has 12 nitrogen and oxygen atoms in total. The van der Waals surface area contributed by atoms with Gasteiger partial charge in [-0.2, -0.15) is 0 Å². The van der Waals surface area contributed by atoms with Gasteiger partial charge in [-0.05, 0) is 37.2 Å². The first-order chi connectivity index (χ1) is 18.9. The summed E-state index contributed by atoms with van der Waals surface area (Å²) in [5.41, 5.74) is 7.58. The number of amides is 2. The Hall–Kier alpha value is -4.05. The number of rotatable bonds is 7. The second-order valence-electron chi connectivity index (χ2n) is 10.2. The smallest absolute Gasteiger partial charge is 0.252 e. The van der Waals surface area contributed by atoms with Gasteiger partial charge in [-0.25, -0.2) is 15.0 Å². The van der Waals surface area contributed by atoms with Crippen molar-refractivity contribution < 1.29 is 24.5 Å². The van der Waals surface area contributed by atoms with Gasteiger partial charge in [-0.3, -0.25) is 14.2 Å². The highest BCUT2D eigenvalue weighted by molar-refractivity contribution is 5.83. The van der Waals surface area contributed by atoms with Crippen LogP contribution >= 0.6 is 0 Å². The van der Waals surface area contributed by atoms with E-state index in [1.165, 1.54) is 10.9 Å². The summed E-state index contributed by atoms with van der Waals surface area (Å²) in [6.45, 7) is 0.228. The lowest BCUT2D eigenvalue weighted by molar-refractivity contribution is -0.137. The van der Waals surface area contributed by atoms with Crippen molar-refractivity contribution in [3.8, 4) is 11.8 Å².